The van der Waals surface area contributed by atoms with Crippen LogP contribution in [0.25, 0.3) is 21.8 Å². The first-order chi connectivity index (χ1) is 23.7. The van der Waals surface area contributed by atoms with Crippen LogP contribution in [0.5, 0.6) is 5.75 Å². The number of fused-ring (bicyclic) bond motifs is 2. The molecule has 2 aromatic carbocycles. The van der Waals surface area contributed by atoms with Crippen LogP contribution in [0.2, 0.25) is 25.7 Å². The van der Waals surface area contributed by atoms with Gasteiger partial charge in [-0.05, 0) is 70.5 Å². The van der Waals surface area contributed by atoms with Crippen molar-refractivity contribution in [3.05, 3.63) is 64.5 Å². The van der Waals surface area contributed by atoms with Gasteiger partial charge in [-0.1, -0.05) is 25.7 Å². The highest BCUT2D eigenvalue weighted by atomic mass is 28.3. The number of nitrogens with zero attached hydrogens (tertiary/aromatic N) is 2. The van der Waals surface area contributed by atoms with E-state index in [2.05, 4.69) is 24.6 Å². The third kappa shape index (κ3) is 8.08. The molecule has 0 aliphatic rings. The highest BCUT2D eigenvalue weighted by Gasteiger charge is 2.64. The largest absolute Gasteiger partial charge is 0.496 e. The summed E-state index contributed by atoms with van der Waals surface area (Å²) in [5.41, 5.74) is -5.72. The highest BCUT2D eigenvalue weighted by Crippen LogP contribution is 2.55. The number of nitrogens with one attached hydrogen (secondary N) is 1. The van der Waals surface area contributed by atoms with Crippen LogP contribution in [0.1, 0.15) is 55.6 Å². The van der Waals surface area contributed by atoms with Crippen molar-refractivity contribution in [2.24, 2.45) is 0 Å². The standard InChI is InChI=1S/C36H43F4N3O7Si/c1-10-48-32(44)31(37)49-35(36(38,39)40,28-24-13-14-43(33(45)50-34(3,4)5)29(24)21(2)17-27(28)46-6)30-25(20-47-15-16-51(7,8)9)23-12-11-22(19-41)18-26(23)42-30/h11-14,17-18,31,42H,10,15-16,20H2,1-9H3. The molecule has 0 saturated carbocycles. The van der Waals surface area contributed by atoms with E-state index in [-0.39, 0.29) is 58.5 Å². The van der Waals surface area contributed by atoms with Gasteiger partial charge >= 0.3 is 18.2 Å². The maximum Gasteiger partial charge on any atom is 0.427 e. The van der Waals surface area contributed by atoms with Gasteiger partial charge in [0.25, 0.3) is 6.36 Å². The van der Waals surface area contributed by atoms with Crippen LogP contribution in [0.3, 0.4) is 0 Å². The monoisotopic (exact) mass is 733 g/mol. The van der Waals surface area contributed by atoms with Gasteiger partial charge in [-0.3, -0.25) is 4.57 Å². The van der Waals surface area contributed by atoms with E-state index >= 15 is 17.6 Å². The van der Waals surface area contributed by atoms with Gasteiger partial charge in [-0.25, -0.2) is 14.0 Å². The summed E-state index contributed by atoms with van der Waals surface area (Å²) in [5.74, 6) is -2.06. The molecular formula is C36H43F4N3O7Si. The molecule has 2 aromatic heterocycles. The Hall–Kier alpha value is -4.39. The topological polar surface area (TPSA) is 125 Å². The van der Waals surface area contributed by atoms with Gasteiger partial charge in [0, 0.05) is 42.7 Å². The summed E-state index contributed by atoms with van der Waals surface area (Å²) in [7, 11) is -0.484. The molecule has 1 N–H and O–H groups in total. The highest BCUT2D eigenvalue weighted by molar-refractivity contribution is 6.76. The Bertz CT molecular complexity index is 1970. The van der Waals surface area contributed by atoms with Crippen LogP contribution in [-0.4, -0.2) is 68.1 Å². The van der Waals surface area contributed by atoms with Crippen molar-refractivity contribution >= 4 is 41.9 Å². The van der Waals surface area contributed by atoms with Crippen LogP contribution in [0.4, 0.5) is 22.4 Å². The van der Waals surface area contributed by atoms with Crippen LogP contribution in [0, 0.1) is 18.3 Å². The Morgan fingerprint density at radius 3 is 2.33 bits per heavy atom. The van der Waals surface area contributed by atoms with Crippen LogP contribution < -0.4 is 4.74 Å². The number of H-pyrrole nitrogens is 1. The smallest absolute Gasteiger partial charge is 0.427 e. The molecular weight excluding hydrogens is 690 g/mol. The maximum atomic E-state index is 16.4. The van der Waals surface area contributed by atoms with E-state index in [4.69, 9.17) is 23.7 Å². The lowest BCUT2D eigenvalue weighted by Gasteiger charge is -2.38. The maximum absolute atomic E-state index is 16.4. The zero-order chi connectivity index (χ0) is 38.1. The predicted molar refractivity (Wildman–Crippen MR) is 185 cm³/mol. The van der Waals surface area contributed by atoms with Gasteiger partial charge in [-0.15, -0.1) is 0 Å². The molecule has 2 unspecified atom stereocenters. The number of benzene rings is 2. The third-order valence-electron chi connectivity index (χ3n) is 8.07. The average Bonchev–Trinajstić information content (AvgIpc) is 3.62. The second-order valence-corrected chi connectivity index (χ2v) is 19.9. The molecule has 276 valence electrons. The van der Waals surface area contributed by atoms with Crippen molar-refractivity contribution in [3.8, 4) is 11.8 Å². The number of rotatable bonds is 12. The molecule has 0 amide bonds. The molecule has 2 atom stereocenters. The molecule has 0 fully saturated rings. The number of alkyl halides is 4. The van der Waals surface area contributed by atoms with E-state index in [1.165, 1.54) is 43.5 Å². The Morgan fingerprint density at radius 1 is 1.08 bits per heavy atom. The molecule has 4 rings (SSSR count). The number of hydrogen-bond acceptors (Lipinski definition) is 8. The molecule has 51 heavy (non-hydrogen) atoms. The molecule has 0 radical (unpaired) electrons. The summed E-state index contributed by atoms with van der Waals surface area (Å²) in [6.45, 7) is 13.7. The van der Waals surface area contributed by atoms with Crippen molar-refractivity contribution < 1.29 is 50.8 Å². The van der Waals surface area contributed by atoms with Crippen molar-refractivity contribution in [2.75, 3.05) is 20.3 Å². The molecule has 10 nitrogen and oxygen atoms in total. The van der Waals surface area contributed by atoms with Gasteiger partial charge in [0.15, 0.2) is 0 Å². The second kappa shape index (κ2) is 14.7. The van der Waals surface area contributed by atoms with E-state index in [9.17, 15) is 14.9 Å². The summed E-state index contributed by atoms with van der Waals surface area (Å²) in [4.78, 5) is 28.8. The number of carbonyl (C=O) groups is 2. The van der Waals surface area contributed by atoms with Gasteiger partial charge in [0.2, 0.25) is 5.60 Å². The third-order valence-corrected chi connectivity index (χ3v) is 9.77. The number of aromatic amines is 1. The van der Waals surface area contributed by atoms with Gasteiger partial charge in [-0.2, -0.15) is 18.4 Å². The first-order valence-electron chi connectivity index (χ1n) is 16.3. The normalized spacial score (nSPS) is 14.3. The zero-order valence-electron chi connectivity index (χ0n) is 30.1. The second-order valence-electron chi connectivity index (χ2n) is 14.3. The van der Waals surface area contributed by atoms with Crippen molar-refractivity contribution in [1.82, 2.24) is 9.55 Å². The summed E-state index contributed by atoms with van der Waals surface area (Å²) in [6, 6.07) is 9.42. The summed E-state index contributed by atoms with van der Waals surface area (Å²) in [6.07, 6.45) is -8.42. The van der Waals surface area contributed by atoms with E-state index in [1.807, 2.05) is 6.07 Å². The molecule has 2 heterocycles. The van der Waals surface area contributed by atoms with Crippen LogP contribution in [-0.2, 0) is 35.9 Å². The fraction of sp³-hybridized carbons (Fsp3) is 0.472. The Kier molecular flexibility index (Phi) is 11.3. The Balaban J connectivity index is 2.18. The van der Waals surface area contributed by atoms with Crippen LogP contribution in [0.15, 0.2) is 36.5 Å². The Morgan fingerprint density at radius 2 is 1.76 bits per heavy atom. The number of aryl methyl sites for hydroxylation is 1. The lowest BCUT2D eigenvalue weighted by molar-refractivity contribution is -0.295. The number of aromatic nitrogens is 2. The number of nitriles is 1. The minimum absolute atomic E-state index is 0.000341. The molecule has 0 aliphatic heterocycles. The van der Waals surface area contributed by atoms with Crippen molar-refractivity contribution in [3.63, 3.8) is 0 Å². The van der Waals surface area contributed by atoms with E-state index in [0.717, 1.165) is 11.7 Å². The molecule has 0 spiro atoms. The van der Waals surface area contributed by atoms with Crippen molar-refractivity contribution in [1.29, 1.82) is 5.26 Å². The number of ether oxygens (including phenoxy) is 5. The molecule has 0 bridgehead atoms. The summed E-state index contributed by atoms with van der Waals surface area (Å²) >= 11 is 0. The number of methoxy groups -OCH3 is 1. The van der Waals surface area contributed by atoms with E-state index in [1.54, 1.807) is 27.7 Å². The number of carbonyl (C=O) groups excluding carboxylic acids is 2. The SMILES string of the molecule is CCOC(=O)C(F)OC(c1[nH]c2cc(C#N)ccc2c1COCC[Si](C)(C)C)(c1c(OC)cc(C)c2c1ccn2C(=O)OC(C)(C)C)C(F)(F)F. The van der Waals surface area contributed by atoms with E-state index in [0.29, 0.717) is 11.6 Å². The predicted octanol–water partition coefficient (Wildman–Crippen LogP) is 8.63. The van der Waals surface area contributed by atoms with Crippen molar-refractivity contribution in [2.45, 2.75) is 90.6 Å². The molecule has 0 saturated heterocycles. The number of hydrogen-bond donors (Lipinski definition) is 1. The Labute approximate surface area is 294 Å². The fourth-order valence-electron chi connectivity index (χ4n) is 5.83. The van der Waals surface area contributed by atoms with Gasteiger partial charge in [0.05, 0.1) is 48.7 Å². The molecule has 15 heteroatoms. The fourth-order valence-corrected chi connectivity index (χ4v) is 6.58. The molecule has 4 aromatic rings. The minimum atomic E-state index is -5.53. The van der Waals surface area contributed by atoms with Gasteiger partial charge < -0.3 is 28.7 Å². The lowest BCUT2D eigenvalue weighted by Crippen LogP contribution is -2.50. The first kappa shape index (κ1) is 39.4. The number of halogens is 4. The summed E-state index contributed by atoms with van der Waals surface area (Å²) in [5, 5.41) is 9.65. The number of esters is 1. The molecule has 0 aliphatic carbocycles. The average molecular weight is 734 g/mol. The zero-order valence-corrected chi connectivity index (χ0v) is 31.1. The summed E-state index contributed by atoms with van der Waals surface area (Å²) < 4.78 is 93.4. The van der Waals surface area contributed by atoms with Crippen LogP contribution >= 0.6 is 0 Å². The lowest BCUT2D eigenvalue weighted by atomic mass is 9.83. The minimum Gasteiger partial charge on any atom is -0.496 e. The van der Waals surface area contributed by atoms with Gasteiger partial charge in [0.1, 0.15) is 11.4 Å². The quantitative estimate of drug-likeness (QED) is 0.0664. The van der Waals surface area contributed by atoms with E-state index < -0.39 is 55.1 Å². The first-order valence-corrected chi connectivity index (χ1v) is 20.0.